The topological polar surface area (TPSA) is 72.3 Å². The van der Waals surface area contributed by atoms with E-state index in [4.69, 9.17) is 16.3 Å². The summed E-state index contributed by atoms with van der Waals surface area (Å²) in [5.41, 5.74) is 1.63. The van der Waals surface area contributed by atoms with E-state index in [2.05, 4.69) is 9.97 Å². The summed E-state index contributed by atoms with van der Waals surface area (Å²) in [6.45, 7) is 0. The standard InChI is InChI=1S/C23H17ClN2O3S/c1-29-19-10-11-25-22(23(19)28)18(27)13-14-6-8-17-15(12-14)7-9-21(26-17)30-20-5-3-2-4-16(20)24/h2-12,28H,13H2,1H3. The molecule has 0 radical (unpaired) electrons. The van der Waals surface area contributed by atoms with E-state index in [0.29, 0.717) is 5.02 Å². The summed E-state index contributed by atoms with van der Waals surface area (Å²) in [6, 6.07) is 18.7. The molecule has 0 spiro atoms. The van der Waals surface area contributed by atoms with Gasteiger partial charge < -0.3 is 9.84 Å². The molecule has 0 bridgehead atoms. The van der Waals surface area contributed by atoms with E-state index in [1.54, 1.807) is 0 Å². The van der Waals surface area contributed by atoms with Gasteiger partial charge in [-0.05, 0) is 35.9 Å². The Hall–Kier alpha value is -3.09. The summed E-state index contributed by atoms with van der Waals surface area (Å²) < 4.78 is 5.04. The zero-order valence-electron chi connectivity index (χ0n) is 16.0. The van der Waals surface area contributed by atoms with Crippen LogP contribution in [0.2, 0.25) is 5.02 Å². The molecule has 7 heteroatoms. The summed E-state index contributed by atoms with van der Waals surface area (Å²) in [4.78, 5) is 22.2. The zero-order valence-corrected chi connectivity index (χ0v) is 17.6. The lowest BCUT2D eigenvalue weighted by molar-refractivity contribution is 0.0984. The van der Waals surface area contributed by atoms with Crippen molar-refractivity contribution in [2.45, 2.75) is 16.3 Å². The molecule has 0 aliphatic carbocycles. The Morgan fingerprint density at radius 3 is 2.77 bits per heavy atom. The summed E-state index contributed by atoms with van der Waals surface area (Å²) in [5, 5.41) is 12.6. The van der Waals surface area contributed by atoms with Crippen molar-refractivity contribution in [3.8, 4) is 11.5 Å². The molecule has 0 aliphatic heterocycles. The van der Waals surface area contributed by atoms with Crippen LogP contribution in [-0.4, -0.2) is 28.0 Å². The summed E-state index contributed by atoms with van der Waals surface area (Å²) in [5.74, 6) is -0.307. The van der Waals surface area contributed by atoms with Gasteiger partial charge in [-0.1, -0.05) is 47.6 Å². The molecular formula is C23H17ClN2O3S. The highest BCUT2D eigenvalue weighted by atomic mass is 35.5. The summed E-state index contributed by atoms with van der Waals surface area (Å²) >= 11 is 7.73. The molecule has 0 aliphatic rings. The Morgan fingerprint density at radius 2 is 1.97 bits per heavy atom. The molecule has 0 fully saturated rings. The van der Waals surface area contributed by atoms with Crippen LogP contribution >= 0.6 is 23.4 Å². The molecule has 0 atom stereocenters. The third-order valence-electron chi connectivity index (χ3n) is 4.52. The van der Waals surface area contributed by atoms with Gasteiger partial charge in [-0.3, -0.25) is 4.79 Å². The molecular weight excluding hydrogens is 420 g/mol. The van der Waals surface area contributed by atoms with Gasteiger partial charge in [0.15, 0.2) is 23.0 Å². The van der Waals surface area contributed by atoms with Crippen molar-refractivity contribution >= 4 is 40.0 Å². The van der Waals surface area contributed by atoms with Crippen LogP contribution in [0.5, 0.6) is 11.5 Å². The lowest BCUT2D eigenvalue weighted by Gasteiger charge is -2.08. The largest absolute Gasteiger partial charge is 0.503 e. The number of hydrogen-bond acceptors (Lipinski definition) is 6. The number of carbonyl (C=O) groups excluding carboxylic acids is 1. The molecule has 0 amide bonds. The van der Waals surface area contributed by atoms with Gasteiger partial charge in [-0.15, -0.1) is 0 Å². The Kier molecular flexibility index (Phi) is 5.88. The maximum atomic E-state index is 12.6. The smallest absolute Gasteiger partial charge is 0.189 e. The summed E-state index contributed by atoms with van der Waals surface area (Å²) in [7, 11) is 1.43. The number of methoxy groups -OCH3 is 1. The van der Waals surface area contributed by atoms with Gasteiger partial charge in [0.1, 0.15) is 5.03 Å². The van der Waals surface area contributed by atoms with E-state index < -0.39 is 0 Å². The number of hydrogen-bond donors (Lipinski definition) is 1. The Labute approximate surface area is 182 Å². The van der Waals surface area contributed by atoms with Crippen molar-refractivity contribution < 1.29 is 14.6 Å². The maximum Gasteiger partial charge on any atom is 0.189 e. The number of ketones is 1. The predicted molar refractivity (Wildman–Crippen MR) is 118 cm³/mol. The van der Waals surface area contributed by atoms with Crippen molar-refractivity contribution in [2.75, 3.05) is 7.11 Å². The third kappa shape index (κ3) is 4.25. The number of benzene rings is 2. The maximum absolute atomic E-state index is 12.6. The average molecular weight is 437 g/mol. The number of carbonyl (C=O) groups is 1. The van der Waals surface area contributed by atoms with Gasteiger partial charge in [0, 0.05) is 29.0 Å². The minimum atomic E-state index is -0.287. The molecule has 4 rings (SSSR count). The molecule has 5 nitrogen and oxygen atoms in total. The predicted octanol–water partition coefficient (Wildman–Crippen LogP) is 5.57. The van der Waals surface area contributed by atoms with Crippen LogP contribution in [0.15, 0.2) is 76.8 Å². The van der Waals surface area contributed by atoms with Crippen LogP contribution < -0.4 is 4.74 Å². The van der Waals surface area contributed by atoms with E-state index in [1.807, 2.05) is 54.6 Å². The van der Waals surface area contributed by atoms with Crippen molar-refractivity contribution in [1.82, 2.24) is 9.97 Å². The van der Waals surface area contributed by atoms with Crippen LogP contribution in [0.3, 0.4) is 0 Å². The minimum absolute atomic E-state index is 0.000871. The second kappa shape index (κ2) is 8.73. The van der Waals surface area contributed by atoms with Crippen LogP contribution in [-0.2, 0) is 6.42 Å². The first-order valence-corrected chi connectivity index (χ1v) is 10.3. The zero-order chi connectivity index (χ0) is 21.1. The van der Waals surface area contributed by atoms with Crippen LogP contribution in [0.1, 0.15) is 16.1 Å². The van der Waals surface area contributed by atoms with Crippen molar-refractivity contribution in [2.24, 2.45) is 0 Å². The first-order valence-electron chi connectivity index (χ1n) is 9.12. The highest BCUT2D eigenvalue weighted by Gasteiger charge is 2.17. The van der Waals surface area contributed by atoms with Gasteiger partial charge in [0.05, 0.1) is 17.6 Å². The number of fused-ring (bicyclic) bond motifs is 1. The Bertz CT molecular complexity index is 1250. The van der Waals surface area contributed by atoms with E-state index >= 15 is 0 Å². The number of aromatic hydroxyl groups is 1. The highest BCUT2D eigenvalue weighted by molar-refractivity contribution is 7.99. The molecule has 30 heavy (non-hydrogen) atoms. The molecule has 4 aromatic rings. The molecule has 2 aromatic carbocycles. The van der Waals surface area contributed by atoms with Crippen LogP contribution in [0.4, 0.5) is 0 Å². The number of aromatic nitrogens is 2. The second-order valence-electron chi connectivity index (χ2n) is 6.52. The molecule has 150 valence electrons. The van der Waals surface area contributed by atoms with E-state index in [-0.39, 0.29) is 29.4 Å². The number of pyridine rings is 2. The Morgan fingerprint density at radius 1 is 1.13 bits per heavy atom. The fourth-order valence-electron chi connectivity index (χ4n) is 3.04. The van der Waals surface area contributed by atoms with E-state index in [0.717, 1.165) is 26.4 Å². The molecule has 0 unspecified atom stereocenters. The number of nitrogens with zero attached hydrogens (tertiary/aromatic N) is 2. The van der Waals surface area contributed by atoms with Crippen LogP contribution in [0.25, 0.3) is 10.9 Å². The van der Waals surface area contributed by atoms with Gasteiger partial charge in [0.25, 0.3) is 0 Å². The normalized spacial score (nSPS) is 10.9. The van der Waals surface area contributed by atoms with Gasteiger partial charge in [-0.25, -0.2) is 9.97 Å². The monoisotopic (exact) mass is 436 g/mol. The van der Waals surface area contributed by atoms with Gasteiger partial charge in [-0.2, -0.15) is 0 Å². The minimum Gasteiger partial charge on any atom is -0.503 e. The lowest BCUT2D eigenvalue weighted by atomic mass is 10.0. The molecule has 2 aromatic heterocycles. The lowest BCUT2D eigenvalue weighted by Crippen LogP contribution is -2.07. The third-order valence-corrected chi connectivity index (χ3v) is 5.97. The quantitative estimate of drug-likeness (QED) is 0.398. The number of ether oxygens (including phenoxy) is 1. The SMILES string of the molecule is COc1ccnc(C(=O)Cc2ccc3nc(Sc4ccccc4Cl)ccc3c2)c1O. The summed E-state index contributed by atoms with van der Waals surface area (Å²) in [6.07, 6.45) is 1.55. The van der Waals surface area contributed by atoms with Crippen molar-refractivity contribution in [1.29, 1.82) is 0 Å². The molecule has 0 saturated carbocycles. The van der Waals surface area contributed by atoms with E-state index in [1.165, 1.54) is 31.1 Å². The highest BCUT2D eigenvalue weighted by Crippen LogP contribution is 2.33. The first kappa shape index (κ1) is 20.2. The number of halogens is 1. The van der Waals surface area contributed by atoms with Gasteiger partial charge >= 0.3 is 0 Å². The number of Topliss-reactive ketones (excluding diaryl/α,β-unsaturated/α-hetero) is 1. The number of rotatable bonds is 6. The molecule has 0 saturated heterocycles. The van der Waals surface area contributed by atoms with Crippen LogP contribution in [0, 0.1) is 0 Å². The molecule has 1 N–H and O–H groups in total. The molecule has 2 heterocycles. The first-order chi connectivity index (χ1) is 14.5. The second-order valence-corrected chi connectivity index (χ2v) is 7.99. The Balaban J connectivity index is 1.55. The van der Waals surface area contributed by atoms with Crippen molar-refractivity contribution in [3.63, 3.8) is 0 Å². The van der Waals surface area contributed by atoms with Crippen molar-refractivity contribution in [3.05, 3.63) is 83.1 Å². The average Bonchev–Trinajstić information content (AvgIpc) is 2.75. The van der Waals surface area contributed by atoms with Gasteiger partial charge in [0.2, 0.25) is 0 Å². The fraction of sp³-hybridized carbons (Fsp3) is 0.0870. The fourth-order valence-corrected chi connectivity index (χ4v) is 4.11. The van der Waals surface area contributed by atoms with E-state index in [9.17, 15) is 9.90 Å².